The van der Waals surface area contributed by atoms with Gasteiger partial charge in [0.05, 0.1) is 5.75 Å². The lowest BCUT2D eigenvalue weighted by molar-refractivity contribution is 0.0956. The first-order valence-corrected chi connectivity index (χ1v) is 7.65. The highest BCUT2D eigenvalue weighted by molar-refractivity contribution is 7.89. The molecule has 0 aliphatic rings. The Morgan fingerprint density at radius 2 is 1.81 bits per heavy atom. The third kappa shape index (κ3) is 4.72. The summed E-state index contributed by atoms with van der Waals surface area (Å²) in [6, 6.07) is 6.06. The molecule has 9 heteroatoms. The largest absolute Gasteiger partial charge is 0.409 e. The molecule has 0 aliphatic heterocycles. The number of nitrogens with two attached hydrogens (primary N) is 1. The van der Waals surface area contributed by atoms with Gasteiger partial charge in [0.2, 0.25) is 10.0 Å². The molecule has 0 unspecified atom stereocenters. The highest BCUT2D eigenvalue weighted by Crippen LogP contribution is 2.04. The van der Waals surface area contributed by atoms with Gasteiger partial charge in [0.1, 0.15) is 0 Å². The Balaban J connectivity index is 2.61. The molecule has 1 aromatic rings. The lowest BCUT2D eigenvalue weighted by Gasteiger charge is -2.11. The quantitative estimate of drug-likeness (QED) is 0.280. The molecule has 0 heterocycles. The van der Waals surface area contributed by atoms with E-state index in [4.69, 9.17) is 10.9 Å². The van der Waals surface area contributed by atoms with Crippen LogP contribution in [0.2, 0.25) is 0 Å². The minimum atomic E-state index is -3.34. The molecule has 0 aliphatic carbocycles. The van der Waals surface area contributed by atoms with Crippen LogP contribution in [0.3, 0.4) is 0 Å². The zero-order valence-electron chi connectivity index (χ0n) is 11.8. The maximum atomic E-state index is 11.8. The predicted octanol–water partition coefficient (Wildman–Crippen LogP) is -0.598. The fourth-order valence-electron chi connectivity index (χ4n) is 1.43. The van der Waals surface area contributed by atoms with Gasteiger partial charge in [-0.3, -0.25) is 4.79 Å². The molecule has 1 aromatic carbocycles. The van der Waals surface area contributed by atoms with Crippen LogP contribution in [0, 0.1) is 0 Å². The summed E-state index contributed by atoms with van der Waals surface area (Å²) in [6.45, 7) is 0.0152. The number of rotatable bonds is 6. The van der Waals surface area contributed by atoms with E-state index in [1.54, 1.807) is 0 Å². The van der Waals surface area contributed by atoms with Crippen LogP contribution in [0.5, 0.6) is 0 Å². The molecule has 0 radical (unpaired) electrons. The zero-order chi connectivity index (χ0) is 16.0. The van der Waals surface area contributed by atoms with E-state index in [-0.39, 0.29) is 18.1 Å². The smallest absolute Gasteiger partial charge is 0.251 e. The second-order valence-electron chi connectivity index (χ2n) is 4.42. The Hall–Kier alpha value is -2.13. The Kier molecular flexibility index (Phi) is 5.68. The first-order chi connectivity index (χ1) is 9.77. The van der Waals surface area contributed by atoms with E-state index in [2.05, 4.69) is 10.5 Å². The summed E-state index contributed by atoms with van der Waals surface area (Å²) in [5.74, 6) is -0.623. The summed E-state index contributed by atoms with van der Waals surface area (Å²) in [5.41, 5.74) is 6.23. The van der Waals surface area contributed by atoms with Gasteiger partial charge >= 0.3 is 0 Å². The van der Waals surface area contributed by atoms with Crippen LogP contribution in [0.1, 0.15) is 15.9 Å². The number of carbonyl (C=O) groups is 1. The van der Waals surface area contributed by atoms with Crippen molar-refractivity contribution in [2.45, 2.75) is 0 Å². The summed E-state index contributed by atoms with van der Waals surface area (Å²) >= 11 is 0. The number of sulfonamides is 1. The van der Waals surface area contributed by atoms with Crippen LogP contribution >= 0.6 is 0 Å². The van der Waals surface area contributed by atoms with Crippen LogP contribution in [-0.2, 0) is 10.0 Å². The summed E-state index contributed by atoms with van der Waals surface area (Å²) < 4.78 is 24.2. The minimum Gasteiger partial charge on any atom is -0.409 e. The van der Waals surface area contributed by atoms with E-state index in [1.807, 2.05) is 0 Å². The second kappa shape index (κ2) is 7.04. The number of oxime groups is 1. The van der Waals surface area contributed by atoms with Crippen molar-refractivity contribution in [3.8, 4) is 0 Å². The van der Waals surface area contributed by atoms with Crippen LogP contribution in [0.25, 0.3) is 0 Å². The van der Waals surface area contributed by atoms with Gasteiger partial charge in [0.25, 0.3) is 5.91 Å². The van der Waals surface area contributed by atoms with Crippen molar-refractivity contribution in [3.05, 3.63) is 35.4 Å². The van der Waals surface area contributed by atoms with Gasteiger partial charge < -0.3 is 16.3 Å². The number of amidine groups is 1. The first-order valence-electron chi connectivity index (χ1n) is 6.04. The van der Waals surface area contributed by atoms with Crippen molar-refractivity contribution in [1.29, 1.82) is 0 Å². The minimum absolute atomic E-state index is 0.0152. The van der Waals surface area contributed by atoms with E-state index in [0.29, 0.717) is 11.1 Å². The molecular weight excluding hydrogens is 296 g/mol. The highest BCUT2D eigenvalue weighted by Gasteiger charge is 2.14. The first kappa shape index (κ1) is 16.9. The summed E-state index contributed by atoms with van der Waals surface area (Å²) in [6.07, 6.45) is 0. The molecule has 116 valence electrons. The van der Waals surface area contributed by atoms with E-state index in [1.165, 1.54) is 38.4 Å². The monoisotopic (exact) mass is 314 g/mol. The third-order valence-electron chi connectivity index (χ3n) is 2.75. The lowest BCUT2D eigenvalue weighted by Crippen LogP contribution is -2.33. The van der Waals surface area contributed by atoms with E-state index in [9.17, 15) is 13.2 Å². The van der Waals surface area contributed by atoms with Gasteiger partial charge in [-0.05, 0) is 12.1 Å². The van der Waals surface area contributed by atoms with Gasteiger partial charge in [-0.15, -0.1) is 0 Å². The molecule has 0 aromatic heterocycles. The van der Waals surface area contributed by atoms with Crippen molar-refractivity contribution in [2.75, 3.05) is 26.4 Å². The fourth-order valence-corrected chi connectivity index (χ4v) is 2.15. The molecule has 1 amide bonds. The van der Waals surface area contributed by atoms with Crippen molar-refractivity contribution < 1.29 is 18.4 Å². The molecule has 0 saturated heterocycles. The van der Waals surface area contributed by atoms with Gasteiger partial charge in [0, 0.05) is 31.8 Å². The topological polar surface area (TPSA) is 125 Å². The Morgan fingerprint density at radius 3 is 2.29 bits per heavy atom. The van der Waals surface area contributed by atoms with Gasteiger partial charge in [0.15, 0.2) is 5.84 Å². The lowest BCUT2D eigenvalue weighted by atomic mass is 10.1. The van der Waals surface area contributed by atoms with Crippen molar-refractivity contribution in [1.82, 2.24) is 9.62 Å². The maximum Gasteiger partial charge on any atom is 0.251 e. The number of nitrogens with zero attached hydrogens (tertiary/aromatic N) is 2. The molecule has 21 heavy (non-hydrogen) atoms. The number of nitrogens with one attached hydrogen (secondary N) is 1. The SMILES string of the molecule is CN(C)S(=O)(=O)CCNC(=O)c1ccc(/C(N)=N/O)cc1. The average Bonchev–Trinajstić information content (AvgIpc) is 2.46. The second-order valence-corrected chi connectivity index (χ2v) is 6.72. The normalized spacial score (nSPS) is 12.4. The number of hydrogen-bond acceptors (Lipinski definition) is 5. The third-order valence-corrected chi connectivity index (χ3v) is 4.59. The molecular formula is C12H18N4O4S. The molecule has 0 bridgehead atoms. The van der Waals surface area contributed by atoms with Crippen LogP contribution in [0.15, 0.2) is 29.4 Å². The van der Waals surface area contributed by atoms with Crippen LogP contribution < -0.4 is 11.1 Å². The van der Waals surface area contributed by atoms with E-state index < -0.39 is 15.9 Å². The zero-order valence-corrected chi connectivity index (χ0v) is 12.6. The van der Waals surface area contributed by atoms with Crippen molar-refractivity contribution in [2.24, 2.45) is 10.9 Å². The number of amides is 1. The predicted molar refractivity (Wildman–Crippen MR) is 78.8 cm³/mol. The fraction of sp³-hybridized carbons (Fsp3) is 0.333. The molecule has 0 atom stereocenters. The molecule has 1 rings (SSSR count). The van der Waals surface area contributed by atoms with Gasteiger partial charge in [-0.25, -0.2) is 12.7 Å². The Labute approximate surface area is 123 Å². The Morgan fingerprint density at radius 1 is 1.29 bits per heavy atom. The Bertz CT molecular complexity index is 623. The van der Waals surface area contributed by atoms with Gasteiger partial charge in [-0.2, -0.15) is 0 Å². The van der Waals surface area contributed by atoms with Crippen molar-refractivity contribution >= 4 is 21.8 Å². The summed E-state index contributed by atoms with van der Waals surface area (Å²) in [4.78, 5) is 11.8. The summed E-state index contributed by atoms with van der Waals surface area (Å²) in [5, 5.41) is 13.9. The molecule has 0 saturated carbocycles. The van der Waals surface area contributed by atoms with Crippen LogP contribution in [0.4, 0.5) is 0 Å². The number of carbonyl (C=O) groups excluding carboxylic acids is 1. The summed E-state index contributed by atoms with van der Waals surface area (Å²) in [7, 11) is -0.472. The maximum absolute atomic E-state index is 11.8. The molecule has 8 nitrogen and oxygen atoms in total. The van der Waals surface area contributed by atoms with Crippen LogP contribution in [-0.4, -0.2) is 56.1 Å². The highest BCUT2D eigenvalue weighted by atomic mass is 32.2. The van der Waals surface area contributed by atoms with Gasteiger partial charge in [-0.1, -0.05) is 17.3 Å². The molecule has 0 spiro atoms. The molecule has 0 fully saturated rings. The number of hydrogen-bond donors (Lipinski definition) is 3. The van der Waals surface area contributed by atoms with Crippen molar-refractivity contribution in [3.63, 3.8) is 0 Å². The molecule has 4 N–H and O–H groups in total. The standard InChI is InChI=1S/C12H18N4O4S/c1-16(2)21(19,20)8-7-14-12(17)10-5-3-9(4-6-10)11(13)15-18/h3-6,18H,7-8H2,1-2H3,(H2,13,15)(H,14,17). The number of benzene rings is 1. The van der Waals surface area contributed by atoms with E-state index in [0.717, 1.165) is 4.31 Å². The average molecular weight is 314 g/mol. The van der Waals surface area contributed by atoms with E-state index >= 15 is 0 Å².